The van der Waals surface area contributed by atoms with Gasteiger partial charge in [-0.05, 0) is 18.6 Å². The maximum atomic E-state index is 11.5. The number of nitrogens with one attached hydrogen (secondary N) is 1. The minimum atomic E-state index is -0.566. The molecule has 5 nitrogen and oxygen atoms in total. The molecule has 1 aromatic carbocycles. The molecule has 1 N–H and O–H groups in total. The lowest BCUT2D eigenvalue weighted by Crippen LogP contribution is -2.30. The molecule has 0 aliphatic carbocycles. The van der Waals surface area contributed by atoms with Gasteiger partial charge in [0.1, 0.15) is 10.8 Å². The lowest BCUT2D eigenvalue weighted by molar-refractivity contribution is 0.300. The summed E-state index contributed by atoms with van der Waals surface area (Å²) in [6.07, 6.45) is 1.97. The normalized spacial score (nSPS) is 10.4. The number of H-pyrrole nitrogens is 1. The third-order valence-electron chi connectivity index (χ3n) is 2.52. The number of nitrogens with zero attached hydrogens (tertiary/aromatic N) is 1. The third-order valence-corrected chi connectivity index (χ3v) is 2.79. The molecule has 0 spiro atoms. The van der Waals surface area contributed by atoms with E-state index in [1.54, 1.807) is 0 Å². The molecule has 0 saturated carbocycles. The van der Waals surface area contributed by atoms with E-state index in [0.717, 1.165) is 5.75 Å². The molecule has 2 rings (SSSR count). The summed E-state index contributed by atoms with van der Waals surface area (Å²) < 4.78 is 6.86. The molecule has 0 atom stereocenters. The molecule has 19 heavy (non-hydrogen) atoms. The standard InChI is InChI=1S/C13H13ClN2O3/c14-11-9-16(13(18)15-12(11)17)7-4-8-19-10-5-2-1-3-6-10/h1-3,5-6,9H,4,7-8H2,(H,15,17,18). The fourth-order valence-corrected chi connectivity index (χ4v) is 1.76. The van der Waals surface area contributed by atoms with Gasteiger partial charge in [0, 0.05) is 12.7 Å². The number of hydrogen-bond acceptors (Lipinski definition) is 3. The monoisotopic (exact) mass is 280 g/mol. The lowest BCUT2D eigenvalue weighted by atomic mass is 10.3. The second-order valence-electron chi connectivity index (χ2n) is 3.94. The molecule has 0 radical (unpaired) electrons. The molecule has 0 bridgehead atoms. The first-order valence-corrected chi connectivity index (χ1v) is 6.22. The van der Waals surface area contributed by atoms with Crippen LogP contribution in [0, 0.1) is 0 Å². The Kier molecular flexibility index (Phi) is 4.41. The Morgan fingerprint density at radius 1 is 1.21 bits per heavy atom. The SMILES string of the molecule is O=c1[nH]c(=O)n(CCCOc2ccccc2)cc1Cl. The van der Waals surface area contributed by atoms with Crippen LogP contribution in [0.5, 0.6) is 5.75 Å². The van der Waals surface area contributed by atoms with Crippen molar-refractivity contribution in [1.29, 1.82) is 0 Å². The van der Waals surface area contributed by atoms with Crippen molar-refractivity contribution in [3.8, 4) is 5.75 Å². The van der Waals surface area contributed by atoms with Crippen LogP contribution in [0.2, 0.25) is 5.02 Å². The van der Waals surface area contributed by atoms with Crippen molar-refractivity contribution in [2.24, 2.45) is 0 Å². The van der Waals surface area contributed by atoms with Crippen LogP contribution in [-0.4, -0.2) is 16.2 Å². The number of hydrogen-bond donors (Lipinski definition) is 1. The van der Waals surface area contributed by atoms with Crippen LogP contribution >= 0.6 is 11.6 Å². The van der Waals surface area contributed by atoms with Gasteiger partial charge in [0.05, 0.1) is 6.61 Å². The zero-order chi connectivity index (χ0) is 13.7. The van der Waals surface area contributed by atoms with Crippen molar-refractivity contribution in [3.05, 3.63) is 62.4 Å². The summed E-state index contributed by atoms with van der Waals surface area (Å²) in [6, 6.07) is 9.42. The summed E-state index contributed by atoms with van der Waals surface area (Å²) in [5.74, 6) is 0.786. The van der Waals surface area contributed by atoms with Crippen LogP contribution in [0.15, 0.2) is 46.1 Å². The van der Waals surface area contributed by atoms with E-state index in [4.69, 9.17) is 16.3 Å². The Morgan fingerprint density at radius 3 is 2.68 bits per heavy atom. The topological polar surface area (TPSA) is 64.1 Å². The van der Waals surface area contributed by atoms with E-state index in [9.17, 15) is 9.59 Å². The van der Waals surface area contributed by atoms with Gasteiger partial charge < -0.3 is 4.74 Å². The number of rotatable bonds is 5. The van der Waals surface area contributed by atoms with Gasteiger partial charge in [0.15, 0.2) is 0 Å². The summed E-state index contributed by atoms with van der Waals surface area (Å²) in [5.41, 5.74) is -1.03. The van der Waals surface area contributed by atoms with Gasteiger partial charge in [0.25, 0.3) is 5.56 Å². The smallest absolute Gasteiger partial charge is 0.328 e. The largest absolute Gasteiger partial charge is 0.494 e. The van der Waals surface area contributed by atoms with Gasteiger partial charge in [-0.15, -0.1) is 0 Å². The van der Waals surface area contributed by atoms with Crippen molar-refractivity contribution in [2.75, 3.05) is 6.61 Å². The van der Waals surface area contributed by atoms with E-state index >= 15 is 0 Å². The summed E-state index contributed by atoms with van der Waals surface area (Å²) in [6.45, 7) is 0.912. The number of para-hydroxylation sites is 1. The van der Waals surface area contributed by atoms with Gasteiger partial charge in [-0.25, -0.2) is 4.79 Å². The molecule has 0 amide bonds. The number of halogens is 1. The Morgan fingerprint density at radius 2 is 1.95 bits per heavy atom. The van der Waals surface area contributed by atoms with E-state index in [-0.39, 0.29) is 5.02 Å². The number of aromatic nitrogens is 2. The maximum Gasteiger partial charge on any atom is 0.328 e. The average molecular weight is 281 g/mol. The Hall–Kier alpha value is -2.01. The highest BCUT2D eigenvalue weighted by Gasteiger charge is 2.02. The summed E-state index contributed by atoms with van der Waals surface area (Å²) in [7, 11) is 0. The predicted molar refractivity (Wildman–Crippen MR) is 72.9 cm³/mol. The molecule has 100 valence electrons. The first-order valence-electron chi connectivity index (χ1n) is 5.84. The van der Waals surface area contributed by atoms with Crippen molar-refractivity contribution in [3.63, 3.8) is 0 Å². The van der Waals surface area contributed by atoms with E-state index in [1.807, 2.05) is 30.3 Å². The summed E-state index contributed by atoms with van der Waals surface area (Å²) in [4.78, 5) is 24.7. The first-order chi connectivity index (χ1) is 9.16. The van der Waals surface area contributed by atoms with E-state index in [0.29, 0.717) is 19.6 Å². The minimum Gasteiger partial charge on any atom is -0.494 e. The zero-order valence-electron chi connectivity index (χ0n) is 10.1. The molecule has 1 aromatic heterocycles. The Balaban J connectivity index is 1.88. The average Bonchev–Trinajstić information content (AvgIpc) is 2.41. The van der Waals surface area contributed by atoms with Crippen LogP contribution in [0.1, 0.15) is 6.42 Å². The van der Waals surface area contributed by atoms with Crippen molar-refractivity contribution in [2.45, 2.75) is 13.0 Å². The van der Waals surface area contributed by atoms with E-state index in [1.165, 1.54) is 10.8 Å². The van der Waals surface area contributed by atoms with Crippen LogP contribution in [0.4, 0.5) is 0 Å². The molecule has 0 fully saturated rings. The molecule has 0 saturated heterocycles. The fraction of sp³-hybridized carbons (Fsp3) is 0.231. The Labute approximate surface area is 114 Å². The van der Waals surface area contributed by atoms with Crippen LogP contribution < -0.4 is 16.0 Å². The second-order valence-corrected chi connectivity index (χ2v) is 4.35. The minimum absolute atomic E-state index is 0.00331. The zero-order valence-corrected chi connectivity index (χ0v) is 10.9. The van der Waals surface area contributed by atoms with Crippen LogP contribution in [0.3, 0.4) is 0 Å². The van der Waals surface area contributed by atoms with Gasteiger partial charge in [0.2, 0.25) is 0 Å². The molecule has 0 aliphatic heterocycles. The van der Waals surface area contributed by atoms with Gasteiger partial charge in [-0.2, -0.15) is 0 Å². The highest BCUT2D eigenvalue weighted by molar-refractivity contribution is 6.30. The number of benzene rings is 1. The molecular weight excluding hydrogens is 268 g/mol. The third kappa shape index (κ3) is 3.72. The van der Waals surface area contributed by atoms with Crippen LogP contribution in [-0.2, 0) is 6.54 Å². The van der Waals surface area contributed by atoms with Crippen LogP contribution in [0.25, 0.3) is 0 Å². The molecular formula is C13H13ClN2O3. The van der Waals surface area contributed by atoms with Gasteiger partial charge >= 0.3 is 5.69 Å². The number of ether oxygens (including phenoxy) is 1. The molecule has 2 aromatic rings. The second kappa shape index (κ2) is 6.24. The molecule has 6 heteroatoms. The summed E-state index contributed by atoms with van der Waals surface area (Å²) in [5, 5.41) is 0.00331. The highest BCUT2D eigenvalue weighted by atomic mass is 35.5. The first kappa shape index (κ1) is 13.4. The predicted octanol–water partition coefficient (Wildman–Crippen LogP) is 1.66. The van der Waals surface area contributed by atoms with Crippen molar-refractivity contribution >= 4 is 11.6 Å². The molecule has 0 aliphatic rings. The number of aryl methyl sites for hydroxylation is 1. The van der Waals surface area contributed by atoms with Crippen molar-refractivity contribution in [1.82, 2.24) is 9.55 Å². The Bertz CT molecular complexity index is 649. The summed E-state index contributed by atoms with van der Waals surface area (Å²) >= 11 is 5.66. The van der Waals surface area contributed by atoms with Gasteiger partial charge in [-0.3, -0.25) is 14.3 Å². The molecule has 1 heterocycles. The van der Waals surface area contributed by atoms with Gasteiger partial charge in [-0.1, -0.05) is 29.8 Å². The maximum absolute atomic E-state index is 11.5. The lowest BCUT2D eigenvalue weighted by Gasteiger charge is -2.07. The van der Waals surface area contributed by atoms with Crippen molar-refractivity contribution < 1.29 is 4.74 Å². The number of aromatic amines is 1. The molecule has 0 unspecified atom stereocenters. The highest BCUT2D eigenvalue weighted by Crippen LogP contribution is 2.08. The quantitative estimate of drug-likeness (QED) is 0.847. The fourth-order valence-electron chi connectivity index (χ4n) is 1.59. The van der Waals surface area contributed by atoms with E-state index in [2.05, 4.69) is 4.98 Å². The van der Waals surface area contributed by atoms with E-state index < -0.39 is 11.2 Å².